The Hall–Kier alpha value is -1.12. The summed E-state index contributed by atoms with van der Waals surface area (Å²) in [5.41, 5.74) is 0.865. The Bertz CT molecular complexity index is 785. The molecule has 1 aromatic rings. The van der Waals surface area contributed by atoms with E-state index in [1.165, 1.54) is 11.8 Å². The highest BCUT2D eigenvalue weighted by atomic mass is 127. The minimum absolute atomic E-state index is 0. The first-order chi connectivity index (χ1) is 14.1. The van der Waals surface area contributed by atoms with Crippen LogP contribution in [0, 0.1) is 0 Å². The third kappa shape index (κ3) is 9.49. The number of hydrogen-bond donors (Lipinski definition) is 2. The number of benzene rings is 1. The SMILES string of the molecule is CCNC(=NCCS(=O)(=O)NCc1ccccc1)N1CCN(C(C)C(F)(F)F)CC1.I. The van der Waals surface area contributed by atoms with Crippen LogP contribution < -0.4 is 10.0 Å². The van der Waals surface area contributed by atoms with E-state index < -0.39 is 22.2 Å². The summed E-state index contributed by atoms with van der Waals surface area (Å²) >= 11 is 0. The number of aliphatic imine (C=N–C) groups is 1. The highest BCUT2D eigenvalue weighted by Crippen LogP contribution is 2.25. The average molecular weight is 577 g/mol. The van der Waals surface area contributed by atoms with Crippen LogP contribution in [0.2, 0.25) is 0 Å². The number of alkyl halides is 3. The summed E-state index contributed by atoms with van der Waals surface area (Å²) in [6.07, 6.45) is -4.25. The third-order valence-electron chi connectivity index (χ3n) is 4.93. The van der Waals surface area contributed by atoms with Crippen molar-refractivity contribution in [3.63, 3.8) is 0 Å². The molecular weight excluding hydrogens is 546 g/mol. The predicted molar refractivity (Wildman–Crippen MR) is 127 cm³/mol. The summed E-state index contributed by atoms with van der Waals surface area (Å²) in [5.74, 6) is 0.356. The van der Waals surface area contributed by atoms with Crippen molar-refractivity contribution in [1.82, 2.24) is 19.8 Å². The van der Waals surface area contributed by atoms with Gasteiger partial charge in [0.15, 0.2) is 5.96 Å². The van der Waals surface area contributed by atoms with E-state index in [0.717, 1.165) is 5.56 Å². The lowest BCUT2D eigenvalue weighted by Gasteiger charge is -2.39. The fourth-order valence-electron chi connectivity index (χ4n) is 3.09. The Labute approximate surface area is 199 Å². The van der Waals surface area contributed by atoms with Gasteiger partial charge in [0.25, 0.3) is 0 Å². The third-order valence-corrected chi connectivity index (χ3v) is 6.23. The van der Waals surface area contributed by atoms with E-state index in [1.807, 2.05) is 42.2 Å². The van der Waals surface area contributed by atoms with Crippen LogP contribution >= 0.6 is 24.0 Å². The van der Waals surface area contributed by atoms with Crippen LogP contribution in [0.1, 0.15) is 19.4 Å². The molecular formula is C19H31F3IN5O2S. The van der Waals surface area contributed by atoms with Crippen LogP contribution in [0.4, 0.5) is 13.2 Å². The molecule has 0 bridgehead atoms. The van der Waals surface area contributed by atoms with Crippen molar-refractivity contribution in [3.8, 4) is 0 Å². The molecule has 0 amide bonds. The molecule has 1 atom stereocenters. The molecule has 0 saturated carbocycles. The number of nitrogens with zero attached hydrogens (tertiary/aromatic N) is 3. The van der Waals surface area contributed by atoms with Gasteiger partial charge in [0.05, 0.1) is 12.3 Å². The van der Waals surface area contributed by atoms with Gasteiger partial charge in [-0.15, -0.1) is 24.0 Å². The fraction of sp³-hybridized carbons (Fsp3) is 0.632. The minimum Gasteiger partial charge on any atom is -0.357 e. The van der Waals surface area contributed by atoms with Crippen molar-refractivity contribution in [2.45, 2.75) is 32.6 Å². The number of rotatable bonds is 8. The van der Waals surface area contributed by atoms with E-state index in [2.05, 4.69) is 15.0 Å². The van der Waals surface area contributed by atoms with Crippen LogP contribution in [0.15, 0.2) is 35.3 Å². The summed E-state index contributed by atoms with van der Waals surface area (Å²) in [6.45, 7) is 5.23. The Kier molecular flexibility index (Phi) is 11.5. The topological polar surface area (TPSA) is 77.0 Å². The summed E-state index contributed by atoms with van der Waals surface area (Å²) < 4.78 is 65.7. The van der Waals surface area contributed by atoms with Crippen LogP contribution in [0.3, 0.4) is 0 Å². The maximum absolute atomic E-state index is 12.9. The lowest BCUT2D eigenvalue weighted by Crippen LogP contribution is -2.56. The second-order valence-corrected chi connectivity index (χ2v) is 9.03. The molecule has 0 spiro atoms. The van der Waals surface area contributed by atoms with Crippen molar-refractivity contribution in [3.05, 3.63) is 35.9 Å². The van der Waals surface area contributed by atoms with Gasteiger partial charge in [-0.2, -0.15) is 13.2 Å². The van der Waals surface area contributed by atoms with Crippen LogP contribution in [0.25, 0.3) is 0 Å². The summed E-state index contributed by atoms with van der Waals surface area (Å²) in [4.78, 5) is 7.64. The van der Waals surface area contributed by atoms with Crippen LogP contribution in [-0.2, 0) is 16.6 Å². The minimum atomic E-state index is -4.25. The van der Waals surface area contributed by atoms with Gasteiger partial charge < -0.3 is 10.2 Å². The van der Waals surface area contributed by atoms with E-state index in [1.54, 1.807) is 0 Å². The molecule has 12 heteroatoms. The van der Waals surface area contributed by atoms with Crippen LogP contribution in [0.5, 0.6) is 0 Å². The standard InChI is InChI=1S/C19H30F3N5O2S.HI/c1-3-23-18(27-12-10-26(11-13-27)16(2)19(20,21)22)24-9-14-30(28,29)25-15-17-7-5-4-6-8-17;/h4-8,16,25H,3,9-15H2,1-2H3,(H,23,24);1H. The van der Waals surface area contributed by atoms with Crippen molar-refractivity contribution >= 4 is 40.0 Å². The highest BCUT2D eigenvalue weighted by molar-refractivity contribution is 14.0. The predicted octanol–water partition coefficient (Wildman–Crippen LogP) is 2.26. The van der Waals surface area contributed by atoms with Crippen molar-refractivity contribution in [2.75, 3.05) is 45.0 Å². The maximum Gasteiger partial charge on any atom is 0.403 e. The van der Waals surface area contributed by atoms with Crippen molar-refractivity contribution in [1.29, 1.82) is 0 Å². The number of guanidine groups is 1. The zero-order chi connectivity index (χ0) is 22.2. The number of hydrogen-bond acceptors (Lipinski definition) is 4. The highest BCUT2D eigenvalue weighted by Gasteiger charge is 2.41. The van der Waals surface area contributed by atoms with Gasteiger partial charge in [0, 0.05) is 39.3 Å². The number of piperazine rings is 1. The normalized spacial score (nSPS) is 17.2. The Morgan fingerprint density at radius 2 is 1.77 bits per heavy atom. The smallest absolute Gasteiger partial charge is 0.357 e. The first-order valence-electron chi connectivity index (χ1n) is 9.97. The lowest BCUT2D eigenvalue weighted by atomic mass is 10.2. The molecule has 0 radical (unpaired) electrons. The van der Waals surface area contributed by atoms with Gasteiger partial charge in [-0.25, -0.2) is 13.1 Å². The molecule has 1 fully saturated rings. The zero-order valence-corrected chi connectivity index (χ0v) is 20.9. The summed E-state index contributed by atoms with van der Waals surface area (Å²) in [7, 11) is -3.49. The lowest BCUT2D eigenvalue weighted by molar-refractivity contribution is -0.181. The molecule has 1 heterocycles. The molecule has 1 unspecified atom stereocenters. The van der Waals surface area contributed by atoms with Crippen LogP contribution in [-0.4, -0.2) is 81.4 Å². The Morgan fingerprint density at radius 3 is 2.32 bits per heavy atom. The number of nitrogens with one attached hydrogen (secondary N) is 2. The molecule has 0 aliphatic carbocycles. The maximum atomic E-state index is 12.9. The van der Waals surface area contributed by atoms with Gasteiger partial charge in [-0.05, 0) is 19.4 Å². The molecule has 1 aliphatic heterocycles. The van der Waals surface area contributed by atoms with Crippen molar-refractivity contribution in [2.24, 2.45) is 4.99 Å². The second-order valence-electron chi connectivity index (χ2n) is 7.10. The van der Waals surface area contributed by atoms with E-state index in [-0.39, 0.29) is 55.9 Å². The average Bonchev–Trinajstić information content (AvgIpc) is 2.71. The summed E-state index contributed by atoms with van der Waals surface area (Å²) in [5, 5.41) is 3.09. The Morgan fingerprint density at radius 1 is 1.16 bits per heavy atom. The van der Waals surface area contributed by atoms with Gasteiger partial charge in [-0.1, -0.05) is 30.3 Å². The second kappa shape index (κ2) is 12.8. The van der Waals surface area contributed by atoms with Gasteiger partial charge in [0.1, 0.15) is 6.04 Å². The molecule has 1 aromatic carbocycles. The molecule has 1 saturated heterocycles. The zero-order valence-electron chi connectivity index (χ0n) is 17.7. The van der Waals surface area contributed by atoms with Crippen molar-refractivity contribution < 1.29 is 21.6 Å². The van der Waals surface area contributed by atoms with E-state index in [4.69, 9.17) is 0 Å². The molecule has 178 valence electrons. The quantitative estimate of drug-likeness (QED) is 0.282. The van der Waals surface area contributed by atoms with Gasteiger partial charge >= 0.3 is 6.18 Å². The molecule has 2 N–H and O–H groups in total. The Balaban J connectivity index is 0.00000480. The number of halogens is 4. The first-order valence-corrected chi connectivity index (χ1v) is 11.6. The largest absolute Gasteiger partial charge is 0.403 e. The molecule has 2 rings (SSSR count). The summed E-state index contributed by atoms with van der Waals surface area (Å²) in [6, 6.07) is 7.72. The van der Waals surface area contributed by atoms with E-state index in [9.17, 15) is 21.6 Å². The monoisotopic (exact) mass is 577 g/mol. The molecule has 31 heavy (non-hydrogen) atoms. The van der Waals surface area contributed by atoms with E-state index in [0.29, 0.717) is 25.6 Å². The molecule has 7 nitrogen and oxygen atoms in total. The fourth-order valence-corrected chi connectivity index (χ4v) is 3.95. The van der Waals surface area contributed by atoms with Gasteiger partial charge in [0.2, 0.25) is 10.0 Å². The first kappa shape index (κ1) is 27.9. The number of sulfonamides is 1. The molecule has 0 aromatic heterocycles. The van der Waals surface area contributed by atoms with E-state index >= 15 is 0 Å². The van der Waals surface area contributed by atoms with Gasteiger partial charge in [-0.3, -0.25) is 9.89 Å². The molecule has 1 aliphatic rings.